The Balaban J connectivity index is 2.01. The average Bonchev–Trinajstić information content (AvgIpc) is 2.62. The van der Waals surface area contributed by atoms with E-state index < -0.39 is 0 Å². The third-order valence-corrected chi connectivity index (χ3v) is 2.64. The zero-order chi connectivity index (χ0) is 11.1. The van der Waals surface area contributed by atoms with E-state index in [4.69, 9.17) is 4.74 Å². The highest BCUT2D eigenvalue weighted by atomic mass is 16.5. The van der Waals surface area contributed by atoms with Crippen LogP contribution in [0.15, 0.2) is 0 Å². The molecule has 0 amide bonds. The van der Waals surface area contributed by atoms with Crippen molar-refractivity contribution in [2.45, 2.75) is 38.7 Å². The molecule has 4 nitrogen and oxygen atoms in total. The summed E-state index contributed by atoms with van der Waals surface area (Å²) < 4.78 is 5.04. The molecule has 1 saturated heterocycles. The number of likely N-dealkylation sites (tertiary alicyclic amines) is 1. The van der Waals surface area contributed by atoms with Crippen LogP contribution >= 0.6 is 0 Å². The Morgan fingerprint density at radius 1 is 1.60 bits per heavy atom. The zero-order valence-corrected chi connectivity index (χ0v) is 9.45. The second kappa shape index (κ2) is 6.80. The van der Waals surface area contributed by atoms with Gasteiger partial charge in [-0.05, 0) is 12.8 Å². The minimum absolute atomic E-state index is 0.121. The molecule has 15 heavy (non-hydrogen) atoms. The number of ether oxygens (including phenoxy) is 1. The van der Waals surface area contributed by atoms with Crippen LogP contribution in [0.25, 0.3) is 0 Å². The van der Waals surface area contributed by atoms with E-state index in [-0.39, 0.29) is 12.1 Å². The van der Waals surface area contributed by atoms with Gasteiger partial charge in [0.25, 0.3) is 0 Å². The standard InChI is InChI=1S/C11H21NO3/c1-2-3-8-15-11(14)5-7-12-6-4-10(13)9-12/h10,13H,2-9H2,1H3. The van der Waals surface area contributed by atoms with Crippen LogP contribution in [0.1, 0.15) is 32.6 Å². The topological polar surface area (TPSA) is 49.8 Å². The molecule has 1 aliphatic rings. The molecular formula is C11H21NO3. The second-order valence-electron chi connectivity index (χ2n) is 4.07. The Morgan fingerprint density at radius 2 is 2.40 bits per heavy atom. The molecule has 1 unspecified atom stereocenters. The number of β-amino-alcohol motifs (C(OH)–C–C–N with tert-alkyl or cyclic N) is 1. The first kappa shape index (κ1) is 12.5. The fourth-order valence-electron chi connectivity index (χ4n) is 1.67. The number of hydrogen-bond donors (Lipinski definition) is 1. The van der Waals surface area contributed by atoms with Crippen LogP contribution in [0.3, 0.4) is 0 Å². The summed E-state index contributed by atoms with van der Waals surface area (Å²) >= 11 is 0. The maximum atomic E-state index is 11.2. The normalized spacial score (nSPS) is 21.9. The Labute approximate surface area is 91.2 Å². The van der Waals surface area contributed by atoms with E-state index in [2.05, 4.69) is 11.8 Å². The van der Waals surface area contributed by atoms with Crippen LogP contribution in [-0.2, 0) is 9.53 Å². The fourth-order valence-corrected chi connectivity index (χ4v) is 1.67. The molecule has 0 saturated carbocycles. The average molecular weight is 215 g/mol. The number of hydrogen-bond acceptors (Lipinski definition) is 4. The van der Waals surface area contributed by atoms with E-state index >= 15 is 0 Å². The summed E-state index contributed by atoms with van der Waals surface area (Å²) in [6, 6.07) is 0. The Hall–Kier alpha value is -0.610. The highest BCUT2D eigenvalue weighted by Gasteiger charge is 2.20. The number of aliphatic hydroxyl groups is 1. The summed E-state index contributed by atoms with van der Waals surface area (Å²) in [5.41, 5.74) is 0. The van der Waals surface area contributed by atoms with Crippen LogP contribution in [0, 0.1) is 0 Å². The van der Waals surface area contributed by atoms with Crippen molar-refractivity contribution in [2.75, 3.05) is 26.2 Å². The SMILES string of the molecule is CCCCOC(=O)CCN1CCC(O)C1. The van der Waals surface area contributed by atoms with Gasteiger partial charge in [-0.3, -0.25) is 4.79 Å². The fraction of sp³-hybridized carbons (Fsp3) is 0.909. The summed E-state index contributed by atoms with van der Waals surface area (Å²) in [7, 11) is 0. The monoisotopic (exact) mass is 215 g/mol. The van der Waals surface area contributed by atoms with Crippen molar-refractivity contribution >= 4 is 5.97 Å². The molecule has 0 spiro atoms. The smallest absolute Gasteiger partial charge is 0.307 e. The molecule has 88 valence electrons. The molecule has 0 aromatic carbocycles. The van der Waals surface area contributed by atoms with Crippen molar-refractivity contribution in [1.82, 2.24) is 4.90 Å². The van der Waals surface area contributed by atoms with E-state index in [0.29, 0.717) is 26.1 Å². The molecule has 1 fully saturated rings. The van der Waals surface area contributed by atoms with E-state index in [1.54, 1.807) is 0 Å². The number of unbranched alkanes of at least 4 members (excludes halogenated alkanes) is 1. The predicted octanol–water partition coefficient (Wildman–Crippen LogP) is 0.786. The van der Waals surface area contributed by atoms with E-state index in [0.717, 1.165) is 25.8 Å². The van der Waals surface area contributed by atoms with Crippen LogP contribution in [-0.4, -0.2) is 48.3 Å². The van der Waals surface area contributed by atoms with Gasteiger partial charge in [-0.2, -0.15) is 0 Å². The first-order valence-electron chi connectivity index (χ1n) is 5.78. The summed E-state index contributed by atoms with van der Waals surface area (Å²) in [5.74, 6) is -0.121. The third-order valence-electron chi connectivity index (χ3n) is 2.64. The highest BCUT2D eigenvalue weighted by molar-refractivity contribution is 5.69. The van der Waals surface area contributed by atoms with E-state index in [1.807, 2.05) is 0 Å². The maximum absolute atomic E-state index is 11.2. The van der Waals surface area contributed by atoms with Crippen LogP contribution in [0.5, 0.6) is 0 Å². The van der Waals surface area contributed by atoms with Crippen molar-refractivity contribution in [1.29, 1.82) is 0 Å². The number of esters is 1. The third kappa shape index (κ3) is 5.14. The Kier molecular flexibility index (Phi) is 5.65. The van der Waals surface area contributed by atoms with Crippen molar-refractivity contribution in [3.05, 3.63) is 0 Å². The molecule has 1 heterocycles. The molecule has 0 aromatic heterocycles. The van der Waals surface area contributed by atoms with Crippen molar-refractivity contribution < 1.29 is 14.6 Å². The molecule has 1 atom stereocenters. The zero-order valence-electron chi connectivity index (χ0n) is 9.45. The van der Waals surface area contributed by atoms with Gasteiger partial charge in [-0.1, -0.05) is 13.3 Å². The Bertz CT molecular complexity index is 196. The first-order valence-corrected chi connectivity index (χ1v) is 5.78. The van der Waals surface area contributed by atoms with Gasteiger partial charge in [0.05, 0.1) is 19.1 Å². The van der Waals surface area contributed by atoms with Crippen LogP contribution in [0.4, 0.5) is 0 Å². The van der Waals surface area contributed by atoms with Crippen LogP contribution in [0.2, 0.25) is 0 Å². The number of aliphatic hydroxyl groups excluding tert-OH is 1. The number of rotatable bonds is 6. The molecule has 0 aliphatic carbocycles. The summed E-state index contributed by atoms with van der Waals surface area (Å²) in [6.45, 7) is 4.91. The molecule has 1 aliphatic heterocycles. The molecule has 1 rings (SSSR count). The molecule has 0 radical (unpaired) electrons. The van der Waals surface area contributed by atoms with Crippen molar-refractivity contribution in [3.8, 4) is 0 Å². The molecule has 1 N–H and O–H groups in total. The van der Waals surface area contributed by atoms with Gasteiger partial charge >= 0.3 is 5.97 Å². The molecular weight excluding hydrogens is 194 g/mol. The lowest BCUT2D eigenvalue weighted by molar-refractivity contribution is -0.144. The van der Waals surface area contributed by atoms with Gasteiger partial charge in [0.2, 0.25) is 0 Å². The van der Waals surface area contributed by atoms with Gasteiger partial charge in [0, 0.05) is 19.6 Å². The van der Waals surface area contributed by atoms with Gasteiger partial charge in [0.1, 0.15) is 0 Å². The van der Waals surface area contributed by atoms with Gasteiger partial charge in [-0.25, -0.2) is 0 Å². The first-order chi connectivity index (χ1) is 7.22. The molecule has 4 heteroatoms. The quantitative estimate of drug-likeness (QED) is 0.525. The van der Waals surface area contributed by atoms with Crippen molar-refractivity contribution in [3.63, 3.8) is 0 Å². The summed E-state index contributed by atoms with van der Waals surface area (Å²) in [5, 5.41) is 9.28. The number of nitrogens with zero attached hydrogens (tertiary/aromatic N) is 1. The number of carbonyl (C=O) groups is 1. The lowest BCUT2D eigenvalue weighted by atomic mass is 10.3. The Morgan fingerprint density at radius 3 is 3.00 bits per heavy atom. The van der Waals surface area contributed by atoms with Crippen LogP contribution < -0.4 is 0 Å². The predicted molar refractivity (Wildman–Crippen MR) is 57.5 cm³/mol. The maximum Gasteiger partial charge on any atom is 0.307 e. The van der Waals surface area contributed by atoms with Gasteiger partial charge in [0.15, 0.2) is 0 Å². The summed E-state index contributed by atoms with van der Waals surface area (Å²) in [4.78, 5) is 13.3. The second-order valence-corrected chi connectivity index (χ2v) is 4.07. The molecule has 0 aromatic rings. The lowest BCUT2D eigenvalue weighted by Gasteiger charge is -2.13. The minimum atomic E-state index is -0.207. The summed E-state index contributed by atoms with van der Waals surface area (Å²) in [6.07, 6.45) is 3.04. The van der Waals surface area contributed by atoms with E-state index in [1.165, 1.54) is 0 Å². The molecule has 0 bridgehead atoms. The minimum Gasteiger partial charge on any atom is -0.466 e. The lowest BCUT2D eigenvalue weighted by Crippen LogP contribution is -2.25. The number of carbonyl (C=O) groups excluding carboxylic acids is 1. The van der Waals surface area contributed by atoms with Crippen molar-refractivity contribution in [2.24, 2.45) is 0 Å². The highest BCUT2D eigenvalue weighted by Crippen LogP contribution is 2.08. The van der Waals surface area contributed by atoms with E-state index in [9.17, 15) is 9.90 Å². The largest absolute Gasteiger partial charge is 0.466 e. The van der Waals surface area contributed by atoms with Gasteiger partial charge in [-0.15, -0.1) is 0 Å². The van der Waals surface area contributed by atoms with Gasteiger partial charge < -0.3 is 14.7 Å².